The average Bonchev–Trinajstić information content (AvgIpc) is 2.06. The molecule has 2 rings (SSSR count). The maximum atomic E-state index is 13.4. The predicted molar refractivity (Wildman–Crippen MR) is 55.7 cm³/mol. The minimum atomic E-state index is -0.242. The molecule has 76 valence electrons. The first-order valence-corrected chi connectivity index (χ1v) is 5.27. The highest BCUT2D eigenvalue weighted by molar-refractivity contribution is 6.30. The first-order valence-electron chi connectivity index (χ1n) is 4.89. The van der Waals surface area contributed by atoms with Gasteiger partial charge in [-0.15, -0.1) is 0 Å². The van der Waals surface area contributed by atoms with E-state index in [1.807, 2.05) is 0 Å². The van der Waals surface area contributed by atoms with E-state index < -0.39 is 0 Å². The van der Waals surface area contributed by atoms with Gasteiger partial charge in [0.2, 0.25) is 0 Å². The van der Waals surface area contributed by atoms with Gasteiger partial charge in [-0.25, -0.2) is 4.39 Å². The van der Waals surface area contributed by atoms with Crippen LogP contribution in [-0.2, 0) is 0 Å². The van der Waals surface area contributed by atoms with Crippen LogP contribution in [0.5, 0.6) is 0 Å². The molecule has 0 aromatic heterocycles. The molecule has 1 aromatic rings. The molecule has 0 unspecified atom stereocenters. The Morgan fingerprint density at radius 2 is 2.14 bits per heavy atom. The molecule has 1 aliphatic carbocycles. The topological polar surface area (TPSA) is 26.0 Å². The predicted octanol–water partition coefficient (Wildman–Crippen LogP) is 3.28. The van der Waals surface area contributed by atoms with Crippen molar-refractivity contribution in [3.63, 3.8) is 0 Å². The van der Waals surface area contributed by atoms with Crippen molar-refractivity contribution in [1.29, 1.82) is 0 Å². The molecule has 2 N–H and O–H groups in total. The normalized spacial score (nSPS) is 19.1. The Morgan fingerprint density at radius 1 is 1.43 bits per heavy atom. The lowest BCUT2D eigenvalue weighted by Gasteiger charge is -2.31. The fraction of sp³-hybridized carbons (Fsp3) is 0.455. The summed E-state index contributed by atoms with van der Waals surface area (Å²) in [5.74, 6) is 0.191. The Labute approximate surface area is 88.1 Å². The van der Waals surface area contributed by atoms with Crippen molar-refractivity contribution in [3.8, 4) is 0 Å². The highest BCUT2D eigenvalue weighted by Crippen LogP contribution is 2.37. The van der Waals surface area contributed by atoms with Gasteiger partial charge in [0, 0.05) is 16.6 Å². The molecule has 1 aromatic carbocycles. The Bertz CT molecular complexity index is 336. The Kier molecular flexibility index (Phi) is 2.75. The molecule has 0 spiro atoms. The Morgan fingerprint density at radius 3 is 2.71 bits per heavy atom. The van der Waals surface area contributed by atoms with E-state index in [-0.39, 0.29) is 11.9 Å². The quantitative estimate of drug-likeness (QED) is 0.802. The highest BCUT2D eigenvalue weighted by atomic mass is 35.5. The number of hydrogen-bond donors (Lipinski definition) is 1. The number of halogens is 2. The van der Waals surface area contributed by atoms with Gasteiger partial charge < -0.3 is 5.73 Å². The highest BCUT2D eigenvalue weighted by Gasteiger charge is 2.27. The van der Waals surface area contributed by atoms with E-state index in [0.29, 0.717) is 16.5 Å². The number of rotatable bonds is 2. The summed E-state index contributed by atoms with van der Waals surface area (Å²) in [5.41, 5.74) is 6.53. The van der Waals surface area contributed by atoms with Crippen LogP contribution in [0.2, 0.25) is 5.02 Å². The number of hydrogen-bond acceptors (Lipinski definition) is 1. The van der Waals surface area contributed by atoms with Gasteiger partial charge in [-0.3, -0.25) is 0 Å². The van der Waals surface area contributed by atoms with E-state index in [1.165, 1.54) is 12.5 Å². The van der Waals surface area contributed by atoms with E-state index in [1.54, 1.807) is 12.1 Å². The van der Waals surface area contributed by atoms with Crippen molar-refractivity contribution in [1.82, 2.24) is 0 Å². The van der Waals surface area contributed by atoms with E-state index in [0.717, 1.165) is 12.8 Å². The lowest BCUT2D eigenvalue weighted by Crippen LogP contribution is -2.27. The Hall–Kier alpha value is -0.600. The van der Waals surface area contributed by atoms with E-state index >= 15 is 0 Å². The lowest BCUT2D eigenvalue weighted by molar-refractivity contribution is 0.260. The summed E-state index contributed by atoms with van der Waals surface area (Å²) >= 11 is 5.80. The molecule has 0 saturated heterocycles. The third kappa shape index (κ3) is 1.77. The van der Waals surface area contributed by atoms with Crippen LogP contribution >= 0.6 is 11.6 Å². The molecule has 1 atom stereocenters. The second kappa shape index (κ2) is 3.87. The molecule has 0 radical (unpaired) electrons. The van der Waals surface area contributed by atoms with E-state index in [9.17, 15) is 4.39 Å². The van der Waals surface area contributed by atoms with Crippen LogP contribution in [0.3, 0.4) is 0 Å². The van der Waals surface area contributed by atoms with Crippen molar-refractivity contribution in [3.05, 3.63) is 34.6 Å². The van der Waals surface area contributed by atoms with Crippen LogP contribution in [0, 0.1) is 11.7 Å². The molecule has 0 amide bonds. The largest absolute Gasteiger partial charge is 0.324 e. The van der Waals surface area contributed by atoms with E-state index in [2.05, 4.69) is 0 Å². The van der Waals surface area contributed by atoms with Gasteiger partial charge in [0.25, 0.3) is 0 Å². The number of nitrogens with two attached hydrogens (primary N) is 1. The summed E-state index contributed by atoms with van der Waals surface area (Å²) in [6, 6.07) is 4.38. The summed E-state index contributed by atoms with van der Waals surface area (Å²) in [6.45, 7) is 0. The lowest BCUT2D eigenvalue weighted by atomic mass is 9.77. The standard InChI is InChI=1S/C11H13ClFN/c12-8-4-5-10(13)9(6-8)11(14)7-2-1-3-7/h4-7,11H,1-3,14H2/t11-/m0/s1. The molecular weight excluding hydrogens is 201 g/mol. The minimum absolute atomic E-state index is 0.192. The summed E-state index contributed by atoms with van der Waals surface area (Å²) in [7, 11) is 0. The monoisotopic (exact) mass is 213 g/mol. The van der Waals surface area contributed by atoms with Crippen LogP contribution in [0.15, 0.2) is 18.2 Å². The van der Waals surface area contributed by atoms with Crippen LogP contribution in [0.25, 0.3) is 0 Å². The minimum Gasteiger partial charge on any atom is -0.324 e. The summed E-state index contributed by atoms with van der Waals surface area (Å²) < 4.78 is 13.4. The second-order valence-corrected chi connectivity index (χ2v) is 4.32. The van der Waals surface area contributed by atoms with Crippen LogP contribution in [-0.4, -0.2) is 0 Å². The fourth-order valence-corrected chi connectivity index (χ4v) is 2.00. The van der Waals surface area contributed by atoms with Crippen molar-refractivity contribution in [2.45, 2.75) is 25.3 Å². The zero-order chi connectivity index (χ0) is 10.1. The summed E-state index contributed by atoms with van der Waals surface area (Å²) in [5, 5.41) is 0.552. The molecule has 0 bridgehead atoms. The van der Waals surface area contributed by atoms with Gasteiger partial charge >= 0.3 is 0 Å². The van der Waals surface area contributed by atoms with Crippen LogP contribution < -0.4 is 5.73 Å². The van der Waals surface area contributed by atoms with Crippen molar-refractivity contribution in [2.24, 2.45) is 11.7 Å². The summed E-state index contributed by atoms with van der Waals surface area (Å²) in [4.78, 5) is 0. The molecule has 0 heterocycles. The molecule has 1 aliphatic rings. The first kappa shape index (κ1) is 9.94. The Balaban J connectivity index is 2.24. The average molecular weight is 214 g/mol. The molecule has 1 fully saturated rings. The smallest absolute Gasteiger partial charge is 0.128 e. The zero-order valence-corrected chi connectivity index (χ0v) is 8.60. The first-order chi connectivity index (χ1) is 6.68. The third-order valence-electron chi connectivity index (χ3n) is 2.97. The number of benzene rings is 1. The maximum absolute atomic E-state index is 13.4. The van der Waals surface area contributed by atoms with Gasteiger partial charge in [-0.1, -0.05) is 18.0 Å². The molecule has 1 saturated carbocycles. The molecular formula is C11H13ClFN. The molecule has 1 nitrogen and oxygen atoms in total. The molecule has 14 heavy (non-hydrogen) atoms. The second-order valence-electron chi connectivity index (χ2n) is 3.88. The maximum Gasteiger partial charge on any atom is 0.128 e. The zero-order valence-electron chi connectivity index (χ0n) is 7.84. The van der Waals surface area contributed by atoms with E-state index in [4.69, 9.17) is 17.3 Å². The van der Waals surface area contributed by atoms with Crippen molar-refractivity contribution < 1.29 is 4.39 Å². The van der Waals surface area contributed by atoms with Gasteiger partial charge in [0.05, 0.1) is 0 Å². The summed E-state index contributed by atoms with van der Waals surface area (Å²) in [6.07, 6.45) is 3.42. The van der Waals surface area contributed by atoms with Crippen molar-refractivity contribution >= 4 is 11.6 Å². The molecule has 3 heteroatoms. The van der Waals surface area contributed by atoms with Crippen LogP contribution in [0.1, 0.15) is 30.9 Å². The third-order valence-corrected chi connectivity index (χ3v) is 3.21. The molecule has 0 aliphatic heterocycles. The van der Waals surface area contributed by atoms with Gasteiger partial charge in [-0.2, -0.15) is 0 Å². The van der Waals surface area contributed by atoms with Crippen molar-refractivity contribution in [2.75, 3.05) is 0 Å². The SMILES string of the molecule is N[C@H](c1cc(Cl)ccc1F)C1CCC1. The fourth-order valence-electron chi connectivity index (χ4n) is 1.82. The van der Waals surface area contributed by atoms with Gasteiger partial charge in [0.1, 0.15) is 5.82 Å². The van der Waals surface area contributed by atoms with Gasteiger partial charge in [0.15, 0.2) is 0 Å². The van der Waals surface area contributed by atoms with Crippen LogP contribution in [0.4, 0.5) is 4.39 Å². The van der Waals surface area contributed by atoms with Gasteiger partial charge in [-0.05, 0) is 37.0 Å².